The fourth-order valence-corrected chi connectivity index (χ4v) is 7.07. The molecule has 0 saturated carbocycles. The summed E-state index contributed by atoms with van der Waals surface area (Å²) in [5, 5.41) is 23.6. The van der Waals surface area contributed by atoms with E-state index in [9.17, 15) is 15.0 Å². The van der Waals surface area contributed by atoms with Gasteiger partial charge in [0.1, 0.15) is 5.75 Å². The van der Waals surface area contributed by atoms with Crippen LogP contribution in [-0.4, -0.2) is 62.2 Å². The van der Waals surface area contributed by atoms with Gasteiger partial charge in [-0.25, -0.2) is 0 Å². The van der Waals surface area contributed by atoms with Crippen LogP contribution in [0.25, 0.3) is 0 Å². The number of hydrogen-bond acceptors (Lipinski definition) is 7. The van der Waals surface area contributed by atoms with Gasteiger partial charge >= 0.3 is 0 Å². The molecule has 0 spiro atoms. The Bertz CT molecular complexity index is 1520. The van der Waals surface area contributed by atoms with Crippen molar-refractivity contribution in [1.29, 1.82) is 0 Å². The van der Waals surface area contributed by atoms with Gasteiger partial charge in [-0.1, -0.05) is 51.1 Å². The summed E-state index contributed by atoms with van der Waals surface area (Å²) in [5.74, 6) is 1.66. The first kappa shape index (κ1) is 36.5. The standard InChI is InChI=1S/C38H54N2O6Si/c1-9-45-35-22-31-24-40(16-15-29(31)21-34(35)44-6)37(43)19-28-12-10-11-27(18-28)17-26(2)39-23-36(46-47(7,8)38(3,4)5)30-13-14-33(42)32(20-30)25-41/h10-14,18,20-22,26,36,39,41-42H,9,15-17,19,23-25H2,1-8H3/t26-,36+/m1/s1. The molecule has 0 unspecified atom stereocenters. The smallest absolute Gasteiger partial charge is 0.227 e. The van der Waals surface area contributed by atoms with Crippen molar-refractivity contribution in [2.75, 3.05) is 26.8 Å². The van der Waals surface area contributed by atoms with E-state index >= 15 is 0 Å². The molecule has 3 aromatic carbocycles. The number of hydrogen-bond donors (Lipinski definition) is 3. The van der Waals surface area contributed by atoms with Crippen LogP contribution in [0.5, 0.6) is 17.2 Å². The number of carbonyl (C=O) groups excluding carboxylic acids is 1. The summed E-state index contributed by atoms with van der Waals surface area (Å²) in [6, 6.07) is 17.9. The largest absolute Gasteiger partial charge is 0.508 e. The van der Waals surface area contributed by atoms with Crippen molar-refractivity contribution in [2.45, 2.75) is 97.3 Å². The lowest BCUT2D eigenvalue weighted by Gasteiger charge is -2.40. The van der Waals surface area contributed by atoms with Crippen molar-refractivity contribution in [3.05, 3.63) is 88.0 Å². The minimum absolute atomic E-state index is 0.0308. The van der Waals surface area contributed by atoms with Crippen LogP contribution in [0.3, 0.4) is 0 Å². The normalized spacial score (nSPS) is 14.8. The number of rotatable bonds is 14. The van der Waals surface area contributed by atoms with Crippen molar-refractivity contribution >= 4 is 14.2 Å². The Morgan fingerprint density at radius 2 is 1.77 bits per heavy atom. The molecule has 3 N–H and O–H groups in total. The first-order chi connectivity index (χ1) is 22.2. The van der Waals surface area contributed by atoms with E-state index < -0.39 is 8.32 Å². The Labute approximate surface area is 282 Å². The number of nitrogens with one attached hydrogen (secondary N) is 1. The molecule has 4 rings (SSSR count). The summed E-state index contributed by atoms with van der Waals surface area (Å²) in [6.45, 7) is 17.4. The van der Waals surface area contributed by atoms with E-state index in [1.54, 1.807) is 13.2 Å². The summed E-state index contributed by atoms with van der Waals surface area (Å²) in [6.07, 6.45) is 1.72. The van der Waals surface area contributed by atoms with Crippen molar-refractivity contribution in [3.63, 3.8) is 0 Å². The molecular weight excluding hydrogens is 609 g/mol. The third-order valence-electron chi connectivity index (χ3n) is 9.58. The van der Waals surface area contributed by atoms with E-state index in [4.69, 9.17) is 13.9 Å². The van der Waals surface area contributed by atoms with Gasteiger partial charge in [0.15, 0.2) is 19.8 Å². The Balaban J connectivity index is 1.39. The van der Waals surface area contributed by atoms with Gasteiger partial charge in [-0.3, -0.25) is 4.79 Å². The molecular formula is C38H54N2O6Si. The minimum Gasteiger partial charge on any atom is -0.508 e. The number of aliphatic hydroxyl groups is 1. The van der Waals surface area contributed by atoms with Gasteiger partial charge in [0.25, 0.3) is 0 Å². The van der Waals surface area contributed by atoms with Gasteiger partial charge in [0.05, 0.1) is 32.8 Å². The highest BCUT2D eigenvalue weighted by Crippen LogP contribution is 2.40. The van der Waals surface area contributed by atoms with Gasteiger partial charge < -0.3 is 34.3 Å². The Morgan fingerprint density at radius 3 is 2.45 bits per heavy atom. The lowest BCUT2D eigenvalue weighted by atomic mass is 9.97. The van der Waals surface area contributed by atoms with E-state index in [2.05, 4.69) is 58.2 Å². The first-order valence-corrected chi connectivity index (χ1v) is 19.7. The molecule has 0 radical (unpaired) electrons. The van der Waals surface area contributed by atoms with Gasteiger partial charge in [0.2, 0.25) is 5.91 Å². The number of carbonyl (C=O) groups is 1. The number of amides is 1. The maximum absolute atomic E-state index is 13.4. The number of phenols is 1. The van der Waals surface area contributed by atoms with Crippen LogP contribution in [0.2, 0.25) is 18.1 Å². The molecule has 3 aromatic rings. The number of fused-ring (bicyclic) bond motifs is 1. The van der Waals surface area contributed by atoms with Crippen LogP contribution >= 0.6 is 0 Å². The molecule has 0 aromatic heterocycles. The van der Waals surface area contributed by atoms with Crippen molar-refractivity contribution < 1.29 is 28.9 Å². The van der Waals surface area contributed by atoms with Gasteiger partial charge in [-0.05, 0) is 96.9 Å². The molecule has 0 bridgehead atoms. The summed E-state index contributed by atoms with van der Waals surface area (Å²) < 4.78 is 18.1. The van der Waals surface area contributed by atoms with Gasteiger partial charge in [-0.15, -0.1) is 0 Å². The molecule has 0 saturated heterocycles. The number of nitrogens with zero attached hydrogens (tertiary/aromatic N) is 1. The Hall–Kier alpha value is -3.37. The average Bonchev–Trinajstić information content (AvgIpc) is 3.02. The lowest BCUT2D eigenvalue weighted by molar-refractivity contribution is -0.131. The van der Waals surface area contributed by atoms with Crippen molar-refractivity contribution in [2.24, 2.45) is 0 Å². The zero-order chi connectivity index (χ0) is 34.4. The van der Waals surface area contributed by atoms with Crippen LogP contribution in [0, 0.1) is 0 Å². The molecule has 256 valence electrons. The lowest BCUT2D eigenvalue weighted by Crippen LogP contribution is -2.44. The van der Waals surface area contributed by atoms with Crippen LogP contribution in [-0.2, 0) is 41.6 Å². The molecule has 1 aliphatic heterocycles. The topological polar surface area (TPSA) is 100 Å². The number of benzene rings is 3. The average molecular weight is 663 g/mol. The molecule has 1 amide bonds. The molecule has 0 aliphatic carbocycles. The molecule has 2 atom stereocenters. The fraction of sp³-hybridized carbons (Fsp3) is 0.500. The fourth-order valence-electron chi connectivity index (χ4n) is 5.78. The first-order valence-electron chi connectivity index (χ1n) is 16.8. The van der Waals surface area contributed by atoms with Crippen LogP contribution in [0.15, 0.2) is 54.6 Å². The molecule has 1 aliphatic rings. The zero-order valence-electron chi connectivity index (χ0n) is 29.5. The summed E-state index contributed by atoms with van der Waals surface area (Å²) in [5.41, 5.74) is 5.92. The van der Waals surface area contributed by atoms with E-state index in [0.717, 1.165) is 35.3 Å². The molecule has 8 nitrogen and oxygen atoms in total. The van der Waals surface area contributed by atoms with E-state index in [-0.39, 0.29) is 35.4 Å². The van der Waals surface area contributed by atoms with Gasteiger partial charge in [-0.2, -0.15) is 0 Å². The zero-order valence-corrected chi connectivity index (χ0v) is 30.5. The Morgan fingerprint density at radius 1 is 1.04 bits per heavy atom. The summed E-state index contributed by atoms with van der Waals surface area (Å²) in [4.78, 5) is 15.4. The molecule has 47 heavy (non-hydrogen) atoms. The predicted octanol–water partition coefficient (Wildman–Crippen LogP) is 6.70. The van der Waals surface area contributed by atoms with Gasteiger partial charge in [0, 0.05) is 31.2 Å². The second-order valence-corrected chi connectivity index (χ2v) is 18.9. The van der Waals surface area contributed by atoms with Crippen molar-refractivity contribution in [1.82, 2.24) is 10.2 Å². The summed E-state index contributed by atoms with van der Waals surface area (Å²) in [7, 11) is -0.465. The number of aromatic hydroxyl groups is 1. The number of ether oxygens (including phenoxy) is 2. The maximum atomic E-state index is 13.4. The molecule has 9 heteroatoms. The monoisotopic (exact) mass is 662 g/mol. The minimum atomic E-state index is -2.12. The van der Waals surface area contributed by atoms with Crippen LogP contribution in [0.1, 0.15) is 74.1 Å². The highest BCUT2D eigenvalue weighted by atomic mass is 28.4. The van der Waals surface area contributed by atoms with E-state index in [1.165, 1.54) is 11.1 Å². The van der Waals surface area contributed by atoms with Crippen LogP contribution < -0.4 is 14.8 Å². The molecule has 1 heterocycles. The third kappa shape index (κ3) is 9.38. The van der Waals surface area contributed by atoms with E-state index in [0.29, 0.717) is 44.0 Å². The number of aliphatic hydroxyl groups excluding tert-OH is 1. The second-order valence-electron chi connectivity index (χ2n) is 14.2. The van der Waals surface area contributed by atoms with Crippen LogP contribution in [0.4, 0.5) is 0 Å². The summed E-state index contributed by atoms with van der Waals surface area (Å²) >= 11 is 0. The molecule has 0 fully saturated rings. The predicted molar refractivity (Wildman–Crippen MR) is 190 cm³/mol. The Kier molecular flexibility index (Phi) is 12.2. The van der Waals surface area contributed by atoms with Crippen molar-refractivity contribution in [3.8, 4) is 17.2 Å². The SMILES string of the molecule is CCOc1cc2c(cc1OC)CCN(C(=O)Cc1cccc(C[C@@H](C)NC[C@H](O[Si](C)(C)C(C)(C)C)c3ccc(O)c(CO)c3)c1)C2. The second kappa shape index (κ2) is 15.7. The highest BCUT2D eigenvalue weighted by Gasteiger charge is 2.39. The maximum Gasteiger partial charge on any atom is 0.227 e. The van der Waals surface area contributed by atoms with E-state index in [1.807, 2.05) is 48.2 Å². The number of methoxy groups -OCH3 is 1. The quantitative estimate of drug-likeness (QED) is 0.165. The highest BCUT2D eigenvalue weighted by molar-refractivity contribution is 6.74. The third-order valence-corrected chi connectivity index (χ3v) is 14.1.